The zero-order chi connectivity index (χ0) is 20.9. The highest BCUT2D eigenvalue weighted by molar-refractivity contribution is 6.10. The highest BCUT2D eigenvalue weighted by atomic mass is 19.2. The fraction of sp³-hybridized carbons (Fsp3) is 0.524. The third-order valence-corrected chi connectivity index (χ3v) is 5.82. The van der Waals surface area contributed by atoms with E-state index < -0.39 is 23.0 Å². The molecule has 0 spiro atoms. The molecule has 1 aromatic rings. The zero-order valence-electron chi connectivity index (χ0n) is 16.5. The van der Waals surface area contributed by atoms with E-state index in [1.807, 2.05) is 17.9 Å². The van der Waals surface area contributed by atoms with Gasteiger partial charge in [-0.05, 0) is 39.7 Å². The molecule has 28 heavy (non-hydrogen) atoms. The molecule has 1 aromatic carbocycles. The first-order valence-corrected chi connectivity index (χ1v) is 9.24. The van der Waals surface area contributed by atoms with Crippen LogP contribution in [0.15, 0.2) is 11.6 Å². The number of hydrogen-bond donors (Lipinski definition) is 1. The lowest BCUT2D eigenvalue weighted by molar-refractivity contribution is -0.114. The Morgan fingerprint density at radius 1 is 1.29 bits per heavy atom. The molecule has 1 saturated heterocycles. The number of Topliss-reactive ketones (excluding diaryl/α,β-unsaturated/α-hetero) is 1. The second-order valence-corrected chi connectivity index (χ2v) is 8.21. The average molecular weight is 390 g/mol. The number of benzene rings is 1. The van der Waals surface area contributed by atoms with Crippen LogP contribution in [0.25, 0.3) is 5.70 Å². The summed E-state index contributed by atoms with van der Waals surface area (Å²) in [7, 11) is 1.64. The highest BCUT2D eigenvalue weighted by Crippen LogP contribution is 2.40. The van der Waals surface area contributed by atoms with E-state index in [-0.39, 0.29) is 28.7 Å². The summed E-state index contributed by atoms with van der Waals surface area (Å²) in [5.74, 6) is -2.83. The van der Waals surface area contributed by atoms with Gasteiger partial charge in [0.15, 0.2) is 17.4 Å². The van der Waals surface area contributed by atoms with Crippen LogP contribution in [-0.4, -0.2) is 41.6 Å². The summed E-state index contributed by atoms with van der Waals surface area (Å²) in [6.07, 6.45) is 0.953. The van der Waals surface area contributed by atoms with Crippen LogP contribution in [0.3, 0.4) is 0 Å². The number of allylic oxidation sites excluding steroid dienone is 1. The summed E-state index contributed by atoms with van der Waals surface area (Å²) in [6, 6.07) is 3.32. The van der Waals surface area contributed by atoms with Crippen molar-refractivity contribution in [3.05, 3.63) is 40.0 Å². The Balaban J connectivity index is 2.18. The van der Waals surface area contributed by atoms with E-state index >= 15 is 0 Å². The molecule has 2 aliphatic rings. The lowest BCUT2D eigenvalue weighted by Crippen LogP contribution is -2.44. The zero-order valence-corrected chi connectivity index (χ0v) is 16.5. The van der Waals surface area contributed by atoms with E-state index in [2.05, 4.69) is 0 Å². The number of hydrogen-bond acceptors (Lipinski definition) is 5. The Kier molecular flexibility index (Phi) is 5.07. The number of ether oxygens (including phenoxy) is 1. The minimum atomic E-state index is -1.62. The molecule has 7 heteroatoms. The minimum absolute atomic E-state index is 0.0544. The molecule has 1 fully saturated rings. The molecule has 150 valence electrons. The van der Waals surface area contributed by atoms with E-state index in [9.17, 15) is 23.9 Å². The first-order valence-electron chi connectivity index (χ1n) is 9.24. The predicted octanol–water partition coefficient (Wildman–Crippen LogP) is 3.05. The Hall–Kier alpha value is -2.30. The number of nitrogens with zero attached hydrogens (tertiary/aromatic N) is 2. The number of aliphatic hydroxyl groups is 1. The number of likely N-dealkylation sites (tertiary alicyclic amines) is 1. The van der Waals surface area contributed by atoms with Crippen LogP contribution in [0.5, 0.6) is 0 Å². The molecule has 0 amide bonds. The van der Waals surface area contributed by atoms with Gasteiger partial charge in [-0.3, -0.25) is 4.79 Å². The predicted molar refractivity (Wildman–Crippen MR) is 99.1 cm³/mol. The summed E-state index contributed by atoms with van der Waals surface area (Å²) >= 11 is 0. The number of carbonyl (C=O) groups is 1. The van der Waals surface area contributed by atoms with Crippen molar-refractivity contribution in [3.8, 4) is 6.07 Å². The third kappa shape index (κ3) is 3.31. The van der Waals surface area contributed by atoms with E-state index in [1.165, 1.54) is 19.9 Å². The van der Waals surface area contributed by atoms with Crippen molar-refractivity contribution in [2.75, 3.05) is 20.2 Å². The van der Waals surface area contributed by atoms with Gasteiger partial charge in [-0.2, -0.15) is 5.26 Å². The van der Waals surface area contributed by atoms with Gasteiger partial charge in [0.25, 0.3) is 0 Å². The molecule has 5 nitrogen and oxygen atoms in total. The number of rotatable bonds is 3. The van der Waals surface area contributed by atoms with Crippen LogP contribution in [0.4, 0.5) is 8.78 Å². The molecule has 1 heterocycles. The van der Waals surface area contributed by atoms with Crippen LogP contribution < -0.4 is 0 Å². The van der Waals surface area contributed by atoms with Gasteiger partial charge >= 0.3 is 0 Å². The molecule has 1 N–H and O–H groups in total. The summed E-state index contributed by atoms with van der Waals surface area (Å²) in [5, 5.41) is 19.9. The maximum Gasteiger partial charge on any atom is 0.180 e. The normalized spacial score (nSPS) is 19.5. The van der Waals surface area contributed by atoms with Gasteiger partial charge in [0.1, 0.15) is 11.6 Å². The van der Waals surface area contributed by atoms with Gasteiger partial charge in [0.05, 0.1) is 16.9 Å². The molecule has 0 radical (unpaired) electrons. The number of halogens is 2. The molecule has 3 rings (SSSR count). The fourth-order valence-electron chi connectivity index (χ4n) is 3.86. The second kappa shape index (κ2) is 6.94. The van der Waals surface area contributed by atoms with E-state index in [1.54, 1.807) is 7.11 Å². The van der Waals surface area contributed by atoms with Crippen molar-refractivity contribution in [1.82, 2.24) is 4.90 Å². The number of nitriles is 1. The highest BCUT2D eigenvalue weighted by Gasteiger charge is 2.38. The van der Waals surface area contributed by atoms with E-state index in [0.717, 1.165) is 0 Å². The summed E-state index contributed by atoms with van der Waals surface area (Å²) in [5.41, 5.74) is -1.63. The SMILES string of the molecule is COC1(C)CCN(C2=C(C#N)C(=O)Cc3c2cc(C(C)(C)O)c(F)c3F)CC1. The maximum absolute atomic E-state index is 14.8. The number of piperidine rings is 1. The van der Waals surface area contributed by atoms with Crippen LogP contribution in [0.1, 0.15) is 50.3 Å². The lowest BCUT2D eigenvalue weighted by Gasteiger charge is -2.42. The molecule has 0 saturated carbocycles. The van der Waals surface area contributed by atoms with Gasteiger partial charge in [-0.15, -0.1) is 0 Å². The maximum atomic E-state index is 14.8. The Bertz CT molecular complexity index is 902. The molecular weight excluding hydrogens is 366 g/mol. The number of fused-ring (bicyclic) bond motifs is 1. The van der Waals surface area contributed by atoms with Crippen molar-refractivity contribution in [1.29, 1.82) is 5.26 Å². The molecule has 0 unspecified atom stereocenters. The standard InChI is InChI=1S/C21H24F2N2O3/c1-20(2,27)15-9-13-12(17(22)18(15)23)10-16(26)14(11-24)19(13)25-7-5-21(3,28-4)6-8-25/h9,27H,5-8,10H2,1-4H3. The van der Waals surface area contributed by atoms with E-state index in [4.69, 9.17) is 4.74 Å². The number of carbonyl (C=O) groups excluding carboxylic acids is 1. The summed E-state index contributed by atoms with van der Waals surface area (Å²) in [6.45, 7) is 5.74. The van der Waals surface area contributed by atoms with Gasteiger partial charge < -0.3 is 14.7 Å². The minimum Gasteiger partial charge on any atom is -0.386 e. The van der Waals surface area contributed by atoms with Crippen molar-refractivity contribution >= 4 is 11.5 Å². The molecule has 0 atom stereocenters. The number of methoxy groups -OCH3 is 1. The first-order chi connectivity index (χ1) is 13.0. The van der Waals surface area contributed by atoms with Gasteiger partial charge in [-0.25, -0.2) is 8.78 Å². The van der Waals surface area contributed by atoms with Crippen molar-refractivity contribution < 1.29 is 23.4 Å². The first kappa shape index (κ1) is 20.4. The van der Waals surface area contributed by atoms with Gasteiger partial charge in [-0.1, -0.05) is 0 Å². The monoisotopic (exact) mass is 390 g/mol. The Morgan fingerprint density at radius 3 is 2.39 bits per heavy atom. The summed E-state index contributed by atoms with van der Waals surface area (Å²) < 4.78 is 34.9. The van der Waals surface area contributed by atoms with Gasteiger partial charge in [0, 0.05) is 43.3 Å². The molecule has 1 aliphatic heterocycles. The topological polar surface area (TPSA) is 73.6 Å². The van der Waals surface area contributed by atoms with Crippen LogP contribution >= 0.6 is 0 Å². The molecular formula is C21H24F2N2O3. The lowest BCUT2D eigenvalue weighted by atomic mass is 9.82. The quantitative estimate of drug-likeness (QED) is 0.859. The van der Waals surface area contributed by atoms with Crippen molar-refractivity contribution in [3.63, 3.8) is 0 Å². The third-order valence-electron chi connectivity index (χ3n) is 5.82. The largest absolute Gasteiger partial charge is 0.386 e. The number of ketones is 1. The van der Waals surface area contributed by atoms with Crippen molar-refractivity contribution in [2.45, 2.75) is 51.2 Å². The molecule has 1 aliphatic carbocycles. The summed E-state index contributed by atoms with van der Waals surface area (Å²) in [4.78, 5) is 14.4. The molecule has 0 aromatic heterocycles. The second-order valence-electron chi connectivity index (χ2n) is 8.21. The Labute approximate surface area is 163 Å². The van der Waals surface area contributed by atoms with E-state index in [0.29, 0.717) is 37.2 Å². The van der Waals surface area contributed by atoms with Crippen molar-refractivity contribution in [2.24, 2.45) is 0 Å². The molecule has 0 bridgehead atoms. The Morgan fingerprint density at radius 2 is 1.89 bits per heavy atom. The smallest absolute Gasteiger partial charge is 0.180 e. The van der Waals surface area contributed by atoms with Crippen LogP contribution in [0, 0.1) is 23.0 Å². The van der Waals surface area contributed by atoms with Crippen LogP contribution in [0.2, 0.25) is 0 Å². The van der Waals surface area contributed by atoms with Crippen LogP contribution in [-0.2, 0) is 21.6 Å². The fourth-order valence-corrected chi connectivity index (χ4v) is 3.86. The van der Waals surface area contributed by atoms with Gasteiger partial charge in [0.2, 0.25) is 0 Å². The average Bonchev–Trinajstić information content (AvgIpc) is 2.64.